The summed E-state index contributed by atoms with van der Waals surface area (Å²) < 4.78 is 5.54. The Bertz CT molecular complexity index is 573. The minimum atomic E-state index is 0.622. The summed E-state index contributed by atoms with van der Waals surface area (Å²) >= 11 is 0. The van der Waals surface area contributed by atoms with Gasteiger partial charge < -0.3 is 10.1 Å². The minimum absolute atomic E-state index is 0.622. The molecule has 0 heterocycles. The highest BCUT2D eigenvalue weighted by Crippen LogP contribution is 2.27. The van der Waals surface area contributed by atoms with Crippen LogP contribution in [0.5, 0.6) is 5.75 Å². The highest BCUT2D eigenvalue weighted by Gasteiger charge is 2.02. The summed E-state index contributed by atoms with van der Waals surface area (Å²) in [6, 6.07) is 17.2. The van der Waals surface area contributed by atoms with Crippen molar-refractivity contribution in [1.29, 1.82) is 5.26 Å². The molecule has 90 valence electrons. The molecule has 1 N–H and O–H groups in total. The lowest BCUT2D eigenvalue weighted by Crippen LogP contribution is -1.97. The van der Waals surface area contributed by atoms with Gasteiger partial charge in [0.2, 0.25) is 0 Å². The molecule has 3 nitrogen and oxygen atoms in total. The minimum Gasteiger partial charge on any atom is -0.492 e. The number of nitriles is 1. The molecule has 0 aromatic heterocycles. The largest absolute Gasteiger partial charge is 0.492 e. The van der Waals surface area contributed by atoms with Crippen molar-refractivity contribution in [2.75, 3.05) is 11.9 Å². The third kappa shape index (κ3) is 2.80. The van der Waals surface area contributed by atoms with E-state index in [-0.39, 0.29) is 0 Å². The second-order valence-corrected chi connectivity index (χ2v) is 3.75. The Balaban J connectivity index is 2.25. The van der Waals surface area contributed by atoms with Gasteiger partial charge in [-0.1, -0.05) is 18.2 Å². The van der Waals surface area contributed by atoms with Gasteiger partial charge in [0.1, 0.15) is 5.75 Å². The van der Waals surface area contributed by atoms with Crippen molar-refractivity contribution in [1.82, 2.24) is 0 Å². The van der Waals surface area contributed by atoms with E-state index >= 15 is 0 Å². The Morgan fingerprint density at radius 3 is 2.78 bits per heavy atom. The first-order valence-electron chi connectivity index (χ1n) is 5.82. The highest BCUT2D eigenvalue weighted by molar-refractivity contribution is 5.67. The van der Waals surface area contributed by atoms with E-state index in [1.54, 1.807) is 6.07 Å². The summed E-state index contributed by atoms with van der Waals surface area (Å²) in [5, 5.41) is 12.1. The predicted molar refractivity (Wildman–Crippen MR) is 72.1 cm³/mol. The number of benzene rings is 2. The van der Waals surface area contributed by atoms with Gasteiger partial charge in [0.15, 0.2) is 0 Å². The maximum absolute atomic E-state index is 8.86. The van der Waals surface area contributed by atoms with Crippen LogP contribution in [0.4, 0.5) is 11.4 Å². The van der Waals surface area contributed by atoms with Crippen LogP contribution in [-0.4, -0.2) is 6.61 Å². The van der Waals surface area contributed by atoms with Crippen molar-refractivity contribution in [3.05, 3.63) is 54.1 Å². The quantitative estimate of drug-likeness (QED) is 0.883. The molecule has 0 unspecified atom stereocenters. The normalized spacial score (nSPS) is 9.56. The van der Waals surface area contributed by atoms with Crippen LogP contribution in [0.1, 0.15) is 12.5 Å². The highest BCUT2D eigenvalue weighted by atomic mass is 16.5. The van der Waals surface area contributed by atoms with Gasteiger partial charge in [-0.05, 0) is 37.3 Å². The molecule has 2 aromatic carbocycles. The number of para-hydroxylation sites is 2. The van der Waals surface area contributed by atoms with Crippen molar-refractivity contribution in [2.24, 2.45) is 0 Å². The summed E-state index contributed by atoms with van der Waals surface area (Å²) in [4.78, 5) is 0. The third-order valence-electron chi connectivity index (χ3n) is 2.46. The molecule has 0 saturated heterocycles. The monoisotopic (exact) mass is 238 g/mol. The number of rotatable bonds is 4. The summed E-state index contributed by atoms with van der Waals surface area (Å²) in [5.41, 5.74) is 2.41. The van der Waals surface area contributed by atoms with E-state index in [9.17, 15) is 0 Å². The Hall–Kier alpha value is -2.47. The summed E-state index contributed by atoms with van der Waals surface area (Å²) in [6.45, 7) is 2.57. The van der Waals surface area contributed by atoms with Crippen LogP contribution < -0.4 is 10.1 Å². The zero-order valence-corrected chi connectivity index (χ0v) is 10.2. The van der Waals surface area contributed by atoms with Crippen LogP contribution in [0.15, 0.2) is 48.5 Å². The van der Waals surface area contributed by atoms with Crippen LogP contribution in [0.3, 0.4) is 0 Å². The lowest BCUT2D eigenvalue weighted by atomic mass is 10.2. The number of nitrogens with one attached hydrogen (secondary N) is 1. The number of hydrogen-bond acceptors (Lipinski definition) is 3. The van der Waals surface area contributed by atoms with Crippen molar-refractivity contribution >= 4 is 11.4 Å². The van der Waals surface area contributed by atoms with Gasteiger partial charge in [0, 0.05) is 5.69 Å². The number of nitrogens with zero attached hydrogens (tertiary/aromatic N) is 1. The molecule has 0 saturated carbocycles. The van der Waals surface area contributed by atoms with E-state index in [1.165, 1.54) is 0 Å². The van der Waals surface area contributed by atoms with Crippen LogP contribution in [0.25, 0.3) is 0 Å². The average molecular weight is 238 g/mol. The molecule has 0 aliphatic rings. The average Bonchev–Trinajstić information content (AvgIpc) is 2.41. The summed E-state index contributed by atoms with van der Waals surface area (Å²) in [7, 11) is 0. The predicted octanol–water partition coefficient (Wildman–Crippen LogP) is 3.70. The van der Waals surface area contributed by atoms with Crippen molar-refractivity contribution in [3.63, 3.8) is 0 Å². The number of ether oxygens (including phenoxy) is 1. The first-order chi connectivity index (χ1) is 8.83. The second-order valence-electron chi connectivity index (χ2n) is 3.75. The topological polar surface area (TPSA) is 45.0 Å². The van der Waals surface area contributed by atoms with E-state index in [1.807, 2.05) is 49.4 Å². The molecule has 18 heavy (non-hydrogen) atoms. The van der Waals surface area contributed by atoms with E-state index in [0.717, 1.165) is 17.1 Å². The van der Waals surface area contributed by atoms with Crippen LogP contribution >= 0.6 is 0 Å². The Kier molecular flexibility index (Phi) is 3.83. The van der Waals surface area contributed by atoms with E-state index in [2.05, 4.69) is 11.4 Å². The maximum atomic E-state index is 8.86. The molecule has 0 atom stereocenters. The van der Waals surface area contributed by atoms with E-state index < -0.39 is 0 Å². The zero-order chi connectivity index (χ0) is 12.8. The Morgan fingerprint density at radius 1 is 1.17 bits per heavy atom. The molecule has 0 amide bonds. The van der Waals surface area contributed by atoms with Crippen molar-refractivity contribution < 1.29 is 4.74 Å². The lowest BCUT2D eigenvalue weighted by molar-refractivity contribution is 0.342. The fourth-order valence-electron chi connectivity index (χ4n) is 1.67. The Labute approximate surface area is 107 Å². The van der Waals surface area contributed by atoms with Gasteiger partial charge in [-0.15, -0.1) is 0 Å². The van der Waals surface area contributed by atoms with E-state index in [0.29, 0.717) is 12.2 Å². The fourth-order valence-corrected chi connectivity index (χ4v) is 1.67. The van der Waals surface area contributed by atoms with Crippen LogP contribution in [0.2, 0.25) is 0 Å². The summed E-state index contributed by atoms with van der Waals surface area (Å²) in [5.74, 6) is 0.808. The maximum Gasteiger partial charge on any atom is 0.142 e. The Morgan fingerprint density at radius 2 is 2.00 bits per heavy atom. The molecule has 0 aliphatic heterocycles. The molecular weight excluding hydrogens is 224 g/mol. The standard InChI is InChI=1S/C15H14N2O/c1-2-18-15-9-4-3-8-14(15)17-13-7-5-6-12(10-13)11-16/h3-10,17H,2H2,1H3. The molecule has 3 heteroatoms. The number of anilines is 2. The first kappa shape index (κ1) is 12.0. The molecule has 2 rings (SSSR count). The van der Waals surface area contributed by atoms with Gasteiger partial charge in [-0.25, -0.2) is 0 Å². The van der Waals surface area contributed by atoms with Crippen LogP contribution in [0, 0.1) is 11.3 Å². The SMILES string of the molecule is CCOc1ccccc1Nc1cccc(C#N)c1. The molecule has 0 spiro atoms. The van der Waals surface area contributed by atoms with Crippen molar-refractivity contribution in [2.45, 2.75) is 6.92 Å². The van der Waals surface area contributed by atoms with Gasteiger partial charge >= 0.3 is 0 Å². The van der Waals surface area contributed by atoms with Crippen molar-refractivity contribution in [3.8, 4) is 11.8 Å². The van der Waals surface area contributed by atoms with E-state index in [4.69, 9.17) is 10.00 Å². The molecule has 0 radical (unpaired) electrons. The smallest absolute Gasteiger partial charge is 0.142 e. The third-order valence-corrected chi connectivity index (χ3v) is 2.46. The second kappa shape index (κ2) is 5.74. The van der Waals surface area contributed by atoms with Gasteiger partial charge in [-0.2, -0.15) is 5.26 Å². The molecule has 0 fully saturated rings. The van der Waals surface area contributed by atoms with Gasteiger partial charge in [-0.3, -0.25) is 0 Å². The van der Waals surface area contributed by atoms with Gasteiger partial charge in [0.25, 0.3) is 0 Å². The zero-order valence-electron chi connectivity index (χ0n) is 10.2. The molecular formula is C15H14N2O. The molecule has 2 aromatic rings. The van der Waals surface area contributed by atoms with Crippen LogP contribution in [-0.2, 0) is 0 Å². The molecule has 0 bridgehead atoms. The number of hydrogen-bond donors (Lipinski definition) is 1. The summed E-state index contributed by atoms with van der Waals surface area (Å²) in [6.07, 6.45) is 0. The first-order valence-corrected chi connectivity index (χ1v) is 5.82. The lowest BCUT2D eigenvalue weighted by Gasteiger charge is -2.12. The molecule has 0 aliphatic carbocycles. The van der Waals surface area contributed by atoms with Gasteiger partial charge in [0.05, 0.1) is 23.9 Å². The fraction of sp³-hybridized carbons (Fsp3) is 0.133.